The van der Waals surface area contributed by atoms with Gasteiger partial charge in [-0.05, 0) is 24.3 Å². The Hall–Kier alpha value is -1.26. The molecule has 88 valence electrons. The lowest BCUT2D eigenvalue weighted by atomic mass is 10.2. The summed E-state index contributed by atoms with van der Waals surface area (Å²) in [6.45, 7) is 0.738. The van der Waals surface area contributed by atoms with Crippen molar-refractivity contribution in [2.75, 3.05) is 31.0 Å². The number of halogens is 1. The summed E-state index contributed by atoms with van der Waals surface area (Å²) < 4.78 is 0. The first-order valence-corrected chi connectivity index (χ1v) is 5.52. The van der Waals surface area contributed by atoms with E-state index in [-0.39, 0.29) is 12.5 Å². The summed E-state index contributed by atoms with van der Waals surface area (Å²) in [6, 6.07) is 7.58. The maximum atomic E-state index is 8.81. The number of likely N-dealkylation sites (N-methyl/N-ethyl adjacent to an activating group) is 1. The molecule has 0 amide bonds. The van der Waals surface area contributed by atoms with Crippen molar-refractivity contribution in [3.05, 3.63) is 24.3 Å². The van der Waals surface area contributed by atoms with E-state index in [1.54, 1.807) is 0 Å². The third-order valence-electron chi connectivity index (χ3n) is 2.14. The molecule has 16 heavy (non-hydrogen) atoms. The minimum absolute atomic E-state index is 0.135. The van der Waals surface area contributed by atoms with E-state index in [9.17, 15) is 0 Å². The number of aliphatic hydroxyl groups is 1. The minimum Gasteiger partial charge on any atom is -0.395 e. The number of nitrogens with two attached hydrogens (primary N) is 1. The van der Waals surface area contributed by atoms with E-state index in [4.69, 9.17) is 22.4 Å². The second-order valence-corrected chi connectivity index (χ2v) is 3.67. The summed E-state index contributed by atoms with van der Waals surface area (Å²) in [5.74, 6) is 0.629. The fourth-order valence-electron chi connectivity index (χ4n) is 1.26. The van der Waals surface area contributed by atoms with E-state index in [0.29, 0.717) is 12.4 Å². The van der Waals surface area contributed by atoms with Crippen molar-refractivity contribution in [2.45, 2.75) is 0 Å². The van der Waals surface area contributed by atoms with Gasteiger partial charge in [0.25, 0.3) is 0 Å². The quantitative estimate of drug-likeness (QED) is 0.465. The first kappa shape index (κ1) is 12.8. The predicted octanol–water partition coefficient (Wildman–Crippen LogP) is 1.34. The molecule has 1 aromatic rings. The number of aliphatic imine (C=N–C) groups is 1. The third-order valence-corrected chi connectivity index (χ3v) is 2.41. The fraction of sp³-hybridized carbons (Fsp3) is 0.364. The van der Waals surface area contributed by atoms with Gasteiger partial charge in [-0.15, -0.1) is 11.6 Å². The van der Waals surface area contributed by atoms with Crippen LogP contribution in [0.3, 0.4) is 0 Å². The van der Waals surface area contributed by atoms with Crippen molar-refractivity contribution >= 4 is 28.8 Å². The molecular weight excluding hydrogens is 226 g/mol. The summed E-state index contributed by atoms with van der Waals surface area (Å²) in [6.07, 6.45) is 0. The Labute approximate surface area is 100 Å². The molecule has 3 N–H and O–H groups in total. The van der Waals surface area contributed by atoms with Gasteiger partial charge >= 0.3 is 0 Å². The first-order chi connectivity index (χ1) is 7.67. The number of hydrogen-bond acceptors (Lipinski definition) is 3. The van der Waals surface area contributed by atoms with Crippen LogP contribution in [0.5, 0.6) is 0 Å². The highest BCUT2D eigenvalue weighted by Gasteiger charge is 1.99. The monoisotopic (exact) mass is 241 g/mol. The highest BCUT2D eigenvalue weighted by Crippen LogP contribution is 2.18. The molecule has 0 heterocycles. The van der Waals surface area contributed by atoms with Gasteiger partial charge in [0.2, 0.25) is 0 Å². The van der Waals surface area contributed by atoms with Gasteiger partial charge in [-0.1, -0.05) is 0 Å². The molecule has 0 saturated heterocycles. The predicted molar refractivity (Wildman–Crippen MR) is 68.8 cm³/mol. The van der Waals surface area contributed by atoms with E-state index in [1.807, 2.05) is 36.2 Å². The molecule has 0 saturated carbocycles. The highest BCUT2D eigenvalue weighted by atomic mass is 35.5. The van der Waals surface area contributed by atoms with Crippen LogP contribution in [0.4, 0.5) is 11.4 Å². The molecular formula is C11H16ClN3O. The molecule has 0 aliphatic heterocycles. The SMILES string of the molecule is CN(CCO)c1ccc(N=C(N)CCl)cc1. The number of aliphatic hydroxyl groups excluding tert-OH is 1. The van der Waals surface area contributed by atoms with Crippen molar-refractivity contribution in [2.24, 2.45) is 10.7 Å². The van der Waals surface area contributed by atoms with Crippen LogP contribution < -0.4 is 10.6 Å². The van der Waals surface area contributed by atoms with Crippen LogP contribution in [-0.2, 0) is 0 Å². The van der Waals surface area contributed by atoms with Crippen LogP contribution in [0.25, 0.3) is 0 Å². The van der Waals surface area contributed by atoms with Crippen LogP contribution in [0.1, 0.15) is 0 Å². The average Bonchev–Trinajstić information content (AvgIpc) is 2.30. The molecule has 0 radical (unpaired) electrons. The van der Waals surface area contributed by atoms with Gasteiger partial charge in [-0.2, -0.15) is 0 Å². The molecule has 0 bridgehead atoms. The smallest absolute Gasteiger partial charge is 0.115 e. The molecule has 5 heteroatoms. The Bertz CT molecular complexity index is 351. The molecule has 1 aromatic carbocycles. The maximum absolute atomic E-state index is 8.81. The lowest BCUT2D eigenvalue weighted by molar-refractivity contribution is 0.304. The molecule has 0 aromatic heterocycles. The summed E-state index contributed by atoms with van der Waals surface area (Å²) >= 11 is 5.53. The van der Waals surface area contributed by atoms with E-state index in [1.165, 1.54) is 0 Å². The molecule has 4 nitrogen and oxygen atoms in total. The fourth-order valence-corrected chi connectivity index (χ4v) is 1.32. The van der Waals surface area contributed by atoms with Crippen molar-refractivity contribution < 1.29 is 5.11 Å². The Balaban J connectivity index is 2.75. The van der Waals surface area contributed by atoms with E-state index in [2.05, 4.69) is 4.99 Å². The summed E-state index contributed by atoms with van der Waals surface area (Å²) in [5, 5.41) is 8.81. The molecule has 0 aliphatic carbocycles. The number of rotatable bonds is 5. The maximum Gasteiger partial charge on any atom is 0.115 e. The molecule has 0 fully saturated rings. The van der Waals surface area contributed by atoms with E-state index in [0.717, 1.165) is 11.4 Å². The third kappa shape index (κ3) is 3.72. The molecule has 0 aliphatic rings. The van der Waals surface area contributed by atoms with Gasteiger partial charge in [-0.3, -0.25) is 0 Å². The van der Waals surface area contributed by atoms with Crippen LogP contribution in [0, 0.1) is 0 Å². The number of alkyl halides is 1. The highest BCUT2D eigenvalue weighted by molar-refractivity contribution is 6.28. The zero-order valence-electron chi connectivity index (χ0n) is 9.23. The number of benzene rings is 1. The standard InChI is InChI=1S/C11H16ClN3O/c1-15(6-7-16)10-4-2-9(3-5-10)14-11(13)8-12/h2-5,16H,6-8H2,1H3,(H2,13,14). The lowest BCUT2D eigenvalue weighted by Crippen LogP contribution is -2.20. The van der Waals surface area contributed by atoms with Gasteiger partial charge < -0.3 is 15.7 Å². The molecule has 0 unspecified atom stereocenters. The van der Waals surface area contributed by atoms with Crippen LogP contribution in [0.15, 0.2) is 29.3 Å². The summed E-state index contributed by atoms with van der Waals surface area (Å²) in [7, 11) is 1.92. The summed E-state index contributed by atoms with van der Waals surface area (Å²) in [5.41, 5.74) is 7.33. The first-order valence-electron chi connectivity index (χ1n) is 4.98. The second-order valence-electron chi connectivity index (χ2n) is 3.40. The number of amidine groups is 1. The average molecular weight is 242 g/mol. The topological polar surface area (TPSA) is 61.8 Å². The van der Waals surface area contributed by atoms with E-state index < -0.39 is 0 Å². The van der Waals surface area contributed by atoms with Gasteiger partial charge in [0.15, 0.2) is 0 Å². The number of anilines is 1. The molecule has 0 atom stereocenters. The summed E-state index contributed by atoms with van der Waals surface area (Å²) in [4.78, 5) is 6.08. The zero-order valence-corrected chi connectivity index (χ0v) is 9.98. The zero-order chi connectivity index (χ0) is 12.0. The minimum atomic E-state index is 0.135. The van der Waals surface area contributed by atoms with Gasteiger partial charge in [0, 0.05) is 19.3 Å². The normalized spacial score (nSPS) is 11.6. The number of nitrogens with zero attached hydrogens (tertiary/aromatic N) is 2. The van der Waals surface area contributed by atoms with Crippen LogP contribution in [-0.4, -0.2) is 37.0 Å². The Kier molecular flexibility index (Phi) is 5.08. The van der Waals surface area contributed by atoms with Crippen LogP contribution in [0.2, 0.25) is 0 Å². The van der Waals surface area contributed by atoms with Crippen molar-refractivity contribution in [3.8, 4) is 0 Å². The molecule has 1 rings (SSSR count). The molecule has 0 spiro atoms. The van der Waals surface area contributed by atoms with E-state index >= 15 is 0 Å². The van der Waals surface area contributed by atoms with Gasteiger partial charge in [0.1, 0.15) is 5.84 Å². The van der Waals surface area contributed by atoms with Crippen molar-refractivity contribution in [1.82, 2.24) is 0 Å². The van der Waals surface area contributed by atoms with Crippen molar-refractivity contribution in [3.63, 3.8) is 0 Å². The largest absolute Gasteiger partial charge is 0.395 e. The van der Waals surface area contributed by atoms with Gasteiger partial charge in [-0.25, -0.2) is 4.99 Å². The van der Waals surface area contributed by atoms with Crippen LogP contribution >= 0.6 is 11.6 Å². The Morgan fingerprint density at radius 3 is 2.56 bits per heavy atom. The lowest BCUT2D eigenvalue weighted by Gasteiger charge is -2.17. The Morgan fingerprint density at radius 2 is 2.06 bits per heavy atom. The number of hydrogen-bond donors (Lipinski definition) is 2. The van der Waals surface area contributed by atoms with Crippen molar-refractivity contribution in [1.29, 1.82) is 0 Å². The Morgan fingerprint density at radius 1 is 1.44 bits per heavy atom. The van der Waals surface area contributed by atoms with Gasteiger partial charge in [0.05, 0.1) is 18.2 Å². The second kappa shape index (κ2) is 6.35.